The van der Waals surface area contributed by atoms with Gasteiger partial charge in [0.15, 0.2) is 9.84 Å². The second kappa shape index (κ2) is 2.61. The lowest BCUT2D eigenvalue weighted by molar-refractivity contribution is 0.602. The van der Waals surface area contributed by atoms with Crippen LogP contribution < -0.4 is 0 Å². The third-order valence-corrected chi connectivity index (χ3v) is 7.18. The Morgan fingerprint density at radius 3 is 2.20 bits per heavy atom. The number of sulfone groups is 1. The molecule has 0 bridgehead atoms. The van der Waals surface area contributed by atoms with Gasteiger partial charge in [-0.1, -0.05) is 31.9 Å². The molecule has 0 aromatic rings. The second-order valence-electron chi connectivity index (χ2n) is 2.28. The molecule has 0 aromatic carbocycles. The molecule has 60 valence electrons. The van der Waals surface area contributed by atoms with Gasteiger partial charge in [0, 0.05) is 0 Å². The third-order valence-electron chi connectivity index (χ3n) is 1.27. The molecule has 0 aromatic heterocycles. The maximum absolute atomic E-state index is 10.9. The van der Waals surface area contributed by atoms with E-state index in [2.05, 4.69) is 31.9 Å². The van der Waals surface area contributed by atoms with E-state index in [-0.39, 0.29) is 16.3 Å². The Morgan fingerprint density at radius 1 is 1.60 bits per heavy atom. The van der Waals surface area contributed by atoms with Crippen LogP contribution in [0.15, 0.2) is 0 Å². The summed E-state index contributed by atoms with van der Waals surface area (Å²) in [6.07, 6.45) is 0. The Kier molecular flexibility index (Phi) is 2.42. The summed E-state index contributed by atoms with van der Waals surface area (Å²) in [5.74, 6) is 0.110. The van der Waals surface area contributed by atoms with Crippen molar-refractivity contribution >= 4 is 53.3 Å². The normalized spacial score (nSPS) is 45.7. The molecule has 0 N–H and O–H groups in total. The van der Waals surface area contributed by atoms with Crippen LogP contribution >= 0.6 is 43.5 Å². The summed E-state index contributed by atoms with van der Waals surface area (Å²) in [4.78, 5) is -0.188. The summed E-state index contributed by atoms with van der Waals surface area (Å²) in [6, 6.07) is 0. The lowest BCUT2D eigenvalue weighted by Crippen LogP contribution is -2.22. The highest BCUT2D eigenvalue weighted by atomic mass is 79.9. The highest BCUT2D eigenvalue weighted by Crippen LogP contribution is 2.40. The maximum Gasteiger partial charge on any atom is 0.154 e. The molecule has 0 saturated carbocycles. The van der Waals surface area contributed by atoms with Gasteiger partial charge in [-0.3, -0.25) is 0 Å². The minimum Gasteiger partial charge on any atom is -0.229 e. The lowest BCUT2D eigenvalue weighted by atomic mass is 10.4. The summed E-state index contributed by atoms with van der Waals surface area (Å²) in [5.41, 5.74) is 0. The van der Waals surface area contributed by atoms with Gasteiger partial charge in [0.05, 0.1) is 16.3 Å². The molecule has 0 radical (unpaired) electrons. The zero-order valence-corrected chi connectivity index (χ0v) is 9.59. The van der Waals surface area contributed by atoms with Gasteiger partial charge < -0.3 is 0 Å². The molecule has 0 spiro atoms. The molecule has 0 amide bonds. The number of alkyl halides is 3. The van der Waals surface area contributed by atoms with Crippen molar-refractivity contribution in [1.82, 2.24) is 0 Å². The van der Waals surface area contributed by atoms with Gasteiger partial charge in [-0.15, -0.1) is 11.6 Å². The minimum absolute atomic E-state index is 0.00251. The van der Waals surface area contributed by atoms with E-state index >= 15 is 0 Å². The van der Waals surface area contributed by atoms with Crippen molar-refractivity contribution in [3.05, 3.63) is 0 Å². The summed E-state index contributed by atoms with van der Waals surface area (Å²) in [6.45, 7) is 0. The highest BCUT2D eigenvalue weighted by molar-refractivity contribution is 9.13. The van der Waals surface area contributed by atoms with Crippen molar-refractivity contribution in [3.63, 3.8) is 0 Å². The number of rotatable bonds is 0. The maximum atomic E-state index is 10.9. The molecule has 1 rings (SSSR count). The van der Waals surface area contributed by atoms with E-state index in [1.807, 2.05) is 0 Å². The fraction of sp³-hybridized carbons (Fsp3) is 1.00. The van der Waals surface area contributed by atoms with Crippen molar-refractivity contribution in [1.29, 1.82) is 0 Å². The first-order valence-corrected chi connectivity index (χ1v) is 6.47. The number of halogens is 3. The predicted octanol–water partition coefficient (Wildman–Crippen LogP) is 1.51. The highest BCUT2D eigenvalue weighted by Gasteiger charge is 2.46. The smallest absolute Gasteiger partial charge is 0.154 e. The Morgan fingerprint density at radius 2 is 2.10 bits per heavy atom. The molecule has 1 heterocycles. The van der Waals surface area contributed by atoms with Crippen LogP contribution in [0.3, 0.4) is 0 Å². The van der Waals surface area contributed by atoms with Gasteiger partial charge in [0.2, 0.25) is 0 Å². The van der Waals surface area contributed by atoms with Crippen LogP contribution in [0, 0.1) is 0 Å². The van der Waals surface area contributed by atoms with Crippen molar-refractivity contribution in [2.75, 3.05) is 11.5 Å². The molecule has 10 heavy (non-hydrogen) atoms. The Labute approximate surface area is 81.5 Å². The zero-order chi connectivity index (χ0) is 7.99. The zero-order valence-electron chi connectivity index (χ0n) is 4.85. The molecular formula is C4H5Br2ClO2S. The van der Waals surface area contributed by atoms with Gasteiger partial charge in [-0.2, -0.15) is 0 Å². The minimum atomic E-state index is -2.93. The van der Waals surface area contributed by atoms with E-state index in [0.717, 1.165) is 0 Å². The first-order chi connectivity index (χ1) is 4.33. The summed E-state index contributed by atoms with van der Waals surface area (Å²) >= 11 is 12.1. The van der Waals surface area contributed by atoms with E-state index in [1.54, 1.807) is 0 Å². The Bertz CT molecular complexity index is 236. The fourth-order valence-electron chi connectivity index (χ4n) is 0.787. The van der Waals surface area contributed by atoms with E-state index in [1.165, 1.54) is 0 Å². The van der Waals surface area contributed by atoms with Crippen molar-refractivity contribution in [2.24, 2.45) is 0 Å². The SMILES string of the molecule is O=S1(=O)C[C@H](Br)[C@@](Cl)(Br)C1. The summed E-state index contributed by atoms with van der Waals surface area (Å²) in [5, 5.41) is 0. The summed E-state index contributed by atoms with van der Waals surface area (Å²) in [7, 11) is -2.93. The van der Waals surface area contributed by atoms with Crippen LogP contribution in [-0.4, -0.2) is 28.5 Å². The molecule has 1 saturated heterocycles. The van der Waals surface area contributed by atoms with E-state index in [4.69, 9.17) is 11.6 Å². The molecule has 0 aliphatic carbocycles. The van der Waals surface area contributed by atoms with Crippen LogP contribution in [0.5, 0.6) is 0 Å². The first-order valence-electron chi connectivity index (χ1n) is 2.56. The molecule has 1 aliphatic heterocycles. The van der Waals surface area contributed by atoms with Crippen LogP contribution in [-0.2, 0) is 9.84 Å². The van der Waals surface area contributed by atoms with Crippen molar-refractivity contribution in [3.8, 4) is 0 Å². The average molecular weight is 312 g/mol. The van der Waals surface area contributed by atoms with Gasteiger partial charge in [-0.05, 0) is 0 Å². The number of hydrogen-bond acceptors (Lipinski definition) is 2. The van der Waals surface area contributed by atoms with Gasteiger partial charge in [0.1, 0.15) is 3.78 Å². The first kappa shape index (κ1) is 9.29. The van der Waals surface area contributed by atoms with Crippen molar-refractivity contribution in [2.45, 2.75) is 8.61 Å². The van der Waals surface area contributed by atoms with E-state index in [0.29, 0.717) is 0 Å². The standard InChI is InChI=1S/C4H5Br2ClO2S/c5-3-1-10(8,9)2-4(3,6)7/h3H,1-2H2/t3-,4+/m0/s1. The summed E-state index contributed by atoms with van der Waals surface area (Å²) < 4.78 is 21.0. The lowest BCUT2D eigenvalue weighted by Gasteiger charge is -2.12. The van der Waals surface area contributed by atoms with E-state index < -0.39 is 13.6 Å². The largest absolute Gasteiger partial charge is 0.229 e. The molecule has 2 atom stereocenters. The van der Waals surface area contributed by atoms with Gasteiger partial charge in [0.25, 0.3) is 0 Å². The monoisotopic (exact) mass is 310 g/mol. The van der Waals surface area contributed by atoms with Gasteiger partial charge in [-0.25, -0.2) is 8.42 Å². The molecular weight excluding hydrogens is 307 g/mol. The molecule has 1 aliphatic rings. The van der Waals surface area contributed by atoms with Crippen LogP contribution in [0.4, 0.5) is 0 Å². The van der Waals surface area contributed by atoms with Crippen LogP contribution in [0.1, 0.15) is 0 Å². The molecule has 1 fully saturated rings. The average Bonchev–Trinajstić information content (AvgIpc) is 1.73. The van der Waals surface area contributed by atoms with E-state index in [9.17, 15) is 8.42 Å². The molecule has 6 heteroatoms. The third kappa shape index (κ3) is 1.87. The molecule has 2 nitrogen and oxygen atoms in total. The van der Waals surface area contributed by atoms with Gasteiger partial charge >= 0.3 is 0 Å². The number of hydrogen-bond donors (Lipinski definition) is 0. The molecule has 0 unspecified atom stereocenters. The van der Waals surface area contributed by atoms with Crippen LogP contribution in [0.2, 0.25) is 0 Å². The second-order valence-corrected chi connectivity index (χ2v) is 8.04. The fourth-order valence-corrected chi connectivity index (χ4v) is 6.10. The predicted molar refractivity (Wildman–Crippen MR) is 48.9 cm³/mol. The van der Waals surface area contributed by atoms with Crippen molar-refractivity contribution < 1.29 is 8.42 Å². The van der Waals surface area contributed by atoms with Crippen LogP contribution in [0.25, 0.3) is 0 Å². The Hall–Kier alpha value is 1.20. The topological polar surface area (TPSA) is 34.1 Å². The quantitative estimate of drug-likeness (QED) is 0.636. The Balaban J connectivity index is 2.92.